The molecule has 8 heteroatoms. The lowest BCUT2D eigenvalue weighted by Crippen LogP contribution is -2.06. The van der Waals surface area contributed by atoms with Gasteiger partial charge < -0.3 is 5.32 Å². The van der Waals surface area contributed by atoms with Crippen molar-refractivity contribution >= 4 is 22.2 Å². The maximum absolute atomic E-state index is 4.50. The molecule has 0 aliphatic rings. The normalized spacial score (nSPS) is 11.3. The maximum Gasteiger partial charge on any atom is 0.185 e. The summed E-state index contributed by atoms with van der Waals surface area (Å²) in [6, 6.07) is 7.96. The zero-order valence-electron chi connectivity index (χ0n) is 11.3. The number of hydrogen-bond donors (Lipinski definition) is 1. The van der Waals surface area contributed by atoms with Gasteiger partial charge in [-0.1, -0.05) is 24.3 Å². The maximum atomic E-state index is 4.50. The molecule has 0 amide bonds. The van der Waals surface area contributed by atoms with Crippen LogP contribution < -0.4 is 5.32 Å². The molecule has 4 rings (SSSR count). The van der Waals surface area contributed by atoms with Crippen LogP contribution in [0.15, 0.2) is 36.9 Å². The van der Waals surface area contributed by atoms with E-state index in [1.807, 2.05) is 31.3 Å². The van der Waals surface area contributed by atoms with Gasteiger partial charge in [0, 0.05) is 17.8 Å². The molecule has 0 unspecified atom stereocenters. The Labute approximate surface area is 119 Å². The van der Waals surface area contributed by atoms with Crippen LogP contribution in [0, 0.1) is 0 Å². The average molecular weight is 280 g/mol. The zero-order chi connectivity index (χ0) is 14.2. The molecule has 0 saturated heterocycles. The fourth-order valence-electron chi connectivity index (χ4n) is 2.28. The summed E-state index contributed by atoms with van der Waals surface area (Å²) in [6.45, 7) is 0.505. The van der Waals surface area contributed by atoms with Gasteiger partial charge in [-0.25, -0.2) is 4.98 Å². The van der Waals surface area contributed by atoms with Crippen molar-refractivity contribution in [3.8, 4) is 0 Å². The molecule has 3 aromatic heterocycles. The summed E-state index contributed by atoms with van der Waals surface area (Å²) in [7, 11) is 1.84. The van der Waals surface area contributed by atoms with Gasteiger partial charge in [-0.15, -0.1) is 15.3 Å². The lowest BCUT2D eigenvalue weighted by Gasteiger charge is -2.08. The van der Waals surface area contributed by atoms with Crippen LogP contribution in [0.1, 0.15) is 5.82 Å². The van der Waals surface area contributed by atoms with Gasteiger partial charge in [-0.05, 0) is 0 Å². The first-order valence-corrected chi connectivity index (χ1v) is 6.48. The minimum atomic E-state index is 0.505. The Bertz CT molecular complexity index is 922. The largest absolute Gasteiger partial charge is 0.361 e. The highest BCUT2D eigenvalue weighted by molar-refractivity contribution is 5.99. The molecule has 0 radical (unpaired) electrons. The van der Waals surface area contributed by atoms with Crippen LogP contribution in [-0.2, 0) is 13.6 Å². The molecule has 21 heavy (non-hydrogen) atoms. The number of aryl methyl sites for hydroxylation is 1. The third-order valence-electron chi connectivity index (χ3n) is 3.22. The Morgan fingerprint density at radius 3 is 2.76 bits per heavy atom. The minimum absolute atomic E-state index is 0.505. The predicted molar refractivity (Wildman–Crippen MR) is 76.6 cm³/mol. The molecule has 1 aromatic carbocycles. The fourth-order valence-corrected chi connectivity index (χ4v) is 2.28. The Kier molecular flexibility index (Phi) is 2.53. The van der Waals surface area contributed by atoms with Gasteiger partial charge in [0.1, 0.15) is 12.7 Å². The number of nitrogens with one attached hydrogen (secondary N) is 1. The summed E-state index contributed by atoms with van der Waals surface area (Å²) in [5, 5.41) is 22.0. The summed E-state index contributed by atoms with van der Waals surface area (Å²) in [4.78, 5) is 4.19. The van der Waals surface area contributed by atoms with E-state index in [2.05, 4.69) is 30.7 Å². The van der Waals surface area contributed by atoms with Crippen molar-refractivity contribution in [3.05, 3.63) is 42.7 Å². The monoisotopic (exact) mass is 280 g/mol. The quantitative estimate of drug-likeness (QED) is 0.603. The van der Waals surface area contributed by atoms with Crippen LogP contribution in [0.2, 0.25) is 0 Å². The molecule has 0 bridgehead atoms. The third kappa shape index (κ3) is 1.97. The molecule has 4 aromatic rings. The molecular weight excluding hydrogens is 268 g/mol. The molecule has 0 saturated carbocycles. The van der Waals surface area contributed by atoms with Gasteiger partial charge in [0.15, 0.2) is 17.3 Å². The van der Waals surface area contributed by atoms with E-state index in [0.717, 1.165) is 22.2 Å². The molecular formula is C13H12N8. The fraction of sp³-hybridized carbons (Fsp3) is 0.154. The van der Waals surface area contributed by atoms with E-state index in [4.69, 9.17) is 0 Å². The van der Waals surface area contributed by atoms with Crippen LogP contribution in [0.5, 0.6) is 0 Å². The molecule has 0 spiro atoms. The summed E-state index contributed by atoms with van der Waals surface area (Å²) in [5.74, 6) is 1.47. The Balaban J connectivity index is 1.78. The summed E-state index contributed by atoms with van der Waals surface area (Å²) in [6.07, 6.45) is 3.26. The number of benzene rings is 1. The molecule has 0 aliphatic carbocycles. The lowest BCUT2D eigenvalue weighted by atomic mass is 10.2. The standard InChI is InChI=1S/C13H12N8/c1-20-7-15-11(18-20)6-14-12-9-4-2-3-5-10(9)13-17-16-8-21(13)19-12/h2-5,7-8H,6H2,1H3,(H,14,19). The number of aromatic nitrogens is 7. The molecule has 0 fully saturated rings. The molecule has 8 nitrogen and oxygen atoms in total. The van der Waals surface area contributed by atoms with Crippen molar-refractivity contribution in [3.63, 3.8) is 0 Å². The minimum Gasteiger partial charge on any atom is -0.361 e. The molecule has 0 aliphatic heterocycles. The van der Waals surface area contributed by atoms with Gasteiger partial charge in [0.25, 0.3) is 0 Å². The van der Waals surface area contributed by atoms with Crippen LogP contribution >= 0.6 is 0 Å². The van der Waals surface area contributed by atoms with E-state index < -0.39 is 0 Å². The first-order valence-electron chi connectivity index (χ1n) is 6.48. The van der Waals surface area contributed by atoms with Crippen LogP contribution in [0.4, 0.5) is 5.82 Å². The van der Waals surface area contributed by atoms with Gasteiger partial charge >= 0.3 is 0 Å². The summed E-state index contributed by atoms with van der Waals surface area (Å²) >= 11 is 0. The Morgan fingerprint density at radius 2 is 1.95 bits per heavy atom. The van der Waals surface area contributed by atoms with Crippen LogP contribution in [0.3, 0.4) is 0 Å². The van der Waals surface area contributed by atoms with Gasteiger partial charge in [0.2, 0.25) is 0 Å². The van der Waals surface area contributed by atoms with Crippen molar-refractivity contribution in [2.45, 2.75) is 6.54 Å². The number of hydrogen-bond acceptors (Lipinski definition) is 6. The second kappa shape index (κ2) is 4.51. The van der Waals surface area contributed by atoms with Crippen molar-refractivity contribution in [1.29, 1.82) is 0 Å². The Morgan fingerprint density at radius 1 is 1.10 bits per heavy atom. The van der Waals surface area contributed by atoms with Gasteiger partial charge in [-0.2, -0.15) is 9.61 Å². The second-order valence-electron chi connectivity index (χ2n) is 4.68. The smallest absolute Gasteiger partial charge is 0.185 e. The zero-order valence-corrected chi connectivity index (χ0v) is 11.3. The second-order valence-corrected chi connectivity index (χ2v) is 4.68. The first-order chi connectivity index (χ1) is 10.3. The highest BCUT2D eigenvalue weighted by Gasteiger charge is 2.10. The summed E-state index contributed by atoms with van der Waals surface area (Å²) in [5.41, 5.74) is 0.743. The van der Waals surface area contributed by atoms with Crippen LogP contribution in [0.25, 0.3) is 16.4 Å². The Hall–Kier alpha value is -3.03. The molecule has 3 heterocycles. The highest BCUT2D eigenvalue weighted by atomic mass is 15.4. The molecule has 104 valence electrons. The summed E-state index contributed by atoms with van der Waals surface area (Å²) < 4.78 is 3.34. The predicted octanol–water partition coefficient (Wildman–Crippen LogP) is 1.02. The van der Waals surface area contributed by atoms with Crippen molar-refractivity contribution in [2.75, 3.05) is 5.32 Å². The first kappa shape index (κ1) is 11.8. The SMILES string of the molecule is Cn1cnc(CNc2nn3cnnc3c3ccccc23)n1. The van der Waals surface area contributed by atoms with Crippen molar-refractivity contribution in [1.82, 2.24) is 34.6 Å². The van der Waals surface area contributed by atoms with E-state index in [1.165, 1.54) is 0 Å². The molecule has 0 atom stereocenters. The number of nitrogens with zero attached hydrogens (tertiary/aromatic N) is 7. The van der Waals surface area contributed by atoms with E-state index in [-0.39, 0.29) is 0 Å². The van der Waals surface area contributed by atoms with Crippen LogP contribution in [-0.4, -0.2) is 34.6 Å². The topological polar surface area (TPSA) is 85.8 Å². The number of rotatable bonds is 3. The van der Waals surface area contributed by atoms with E-state index in [1.54, 1.807) is 21.9 Å². The van der Waals surface area contributed by atoms with Crippen molar-refractivity contribution in [2.24, 2.45) is 7.05 Å². The van der Waals surface area contributed by atoms with Crippen molar-refractivity contribution < 1.29 is 0 Å². The third-order valence-corrected chi connectivity index (χ3v) is 3.22. The number of anilines is 1. The van der Waals surface area contributed by atoms with E-state index in [9.17, 15) is 0 Å². The van der Waals surface area contributed by atoms with E-state index in [0.29, 0.717) is 12.4 Å². The molecule has 1 N–H and O–H groups in total. The average Bonchev–Trinajstić information content (AvgIpc) is 3.13. The van der Waals surface area contributed by atoms with E-state index >= 15 is 0 Å². The number of fused-ring (bicyclic) bond motifs is 3. The highest BCUT2D eigenvalue weighted by Crippen LogP contribution is 2.23. The van der Waals surface area contributed by atoms with Gasteiger partial charge in [-0.3, -0.25) is 4.68 Å². The van der Waals surface area contributed by atoms with Gasteiger partial charge in [0.05, 0.1) is 6.54 Å². The lowest BCUT2D eigenvalue weighted by molar-refractivity contribution is 0.746.